The summed E-state index contributed by atoms with van der Waals surface area (Å²) in [5.41, 5.74) is 1.59. The highest BCUT2D eigenvalue weighted by Crippen LogP contribution is 2.22. The van der Waals surface area contributed by atoms with Crippen LogP contribution in [0.25, 0.3) is 10.9 Å². The van der Waals surface area contributed by atoms with Crippen molar-refractivity contribution in [2.24, 2.45) is 0 Å². The second-order valence-corrected chi connectivity index (χ2v) is 10.3. The summed E-state index contributed by atoms with van der Waals surface area (Å²) in [6.45, 7) is 5.76. The lowest BCUT2D eigenvalue weighted by Crippen LogP contribution is -2.42. The molecular weight excluding hydrogens is 476 g/mol. The number of para-hydroxylation sites is 1. The molecule has 0 fully saturated rings. The number of carbonyl (C=O) groups excluding carboxylic acids is 2. The number of nitrogens with one attached hydrogen (secondary N) is 1. The van der Waals surface area contributed by atoms with Crippen LogP contribution in [0, 0.1) is 11.3 Å². The van der Waals surface area contributed by atoms with Gasteiger partial charge in [-0.05, 0) is 53.7 Å². The zero-order chi connectivity index (χ0) is 26.3. The molecule has 0 spiro atoms. The second kappa shape index (κ2) is 11.9. The van der Waals surface area contributed by atoms with Crippen LogP contribution in [0.4, 0.5) is 0 Å². The van der Waals surface area contributed by atoms with Crippen LogP contribution in [0.3, 0.4) is 0 Å². The summed E-state index contributed by atoms with van der Waals surface area (Å²) in [4.78, 5) is 43.1. The smallest absolute Gasteiger partial charge is 0.329 e. The number of thioether (sulfide) groups is 1. The first-order chi connectivity index (χ1) is 17.2. The lowest BCUT2D eigenvalue weighted by atomic mass is 9.86. The van der Waals surface area contributed by atoms with Gasteiger partial charge in [0, 0.05) is 5.56 Å². The number of carbonyl (C=O) groups is 2. The molecule has 188 valence electrons. The fourth-order valence-electron chi connectivity index (χ4n) is 3.64. The van der Waals surface area contributed by atoms with Gasteiger partial charge < -0.3 is 10.1 Å². The summed E-state index contributed by atoms with van der Waals surface area (Å²) in [6, 6.07) is 15.2. The van der Waals surface area contributed by atoms with Crippen molar-refractivity contribution in [3.63, 3.8) is 0 Å². The van der Waals surface area contributed by atoms with E-state index in [1.165, 1.54) is 4.57 Å². The predicted molar refractivity (Wildman–Crippen MR) is 141 cm³/mol. The van der Waals surface area contributed by atoms with Gasteiger partial charge in [-0.3, -0.25) is 14.2 Å². The van der Waals surface area contributed by atoms with Gasteiger partial charge in [0.15, 0.2) is 5.82 Å². The molecule has 0 radical (unpaired) electrons. The Balaban J connectivity index is 1.77. The first-order valence-corrected chi connectivity index (χ1v) is 13.0. The quantitative estimate of drug-likeness (QED) is 0.439. The molecule has 2 aromatic carbocycles. The van der Waals surface area contributed by atoms with Crippen molar-refractivity contribution in [2.75, 3.05) is 12.0 Å². The van der Waals surface area contributed by atoms with Gasteiger partial charge >= 0.3 is 5.97 Å². The fourth-order valence-corrected chi connectivity index (χ4v) is 4.11. The highest BCUT2D eigenvalue weighted by Gasteiger charge is 2.24. The minimum absolute atomic E-state index is 0.0388. The van der Waals surface area contributed by atoms with Gasteiger partial charge in [0.05, 0.1) is 17.0 Å². The third-order valence-electron chi connectivity index (χ3n) is 5.73. The first kappa shape index (κ1) is 27.0. The SMILES string of the molecule is CSCCC(NC(=O)c1ccc(C(C)(C)C)cc1)C(=O)OCc1nc2ccccc2c(=O)n1CC#N. The van der Waals surface area contributed by atoms with E-state index in [1.807, 2.05) is 24.5 Å². The molecule has 0 aliphatic carbocycles. The molecule has 0 saturated carbocycles. The Labute approximate surface area is 214 Å². The van der Waals surface area contributed by atoms with E-state index in [2.05, 4.69) is 31.1 Å². The number of amides is 1. The Morgan fingerprint density at radius 2 is 1.86 bits per heavy atom. The normalized spacial score (nSPS) is 12.1. The molecule has 1 heterocycles. The molecule has 1 atom stereocenters. The molecule has 0 aliphatic heterocycles. The number of esters is 1. The van der Waals surface area contributed by atoms with Gasteiger partial charge in [0.2, 0.25) is 0 Å². The van der Waals surface area contributed by atoms with E-state index in [4.69, 9.17) is 4.74 Å². The first-order valence-electron chi connectivity index (χ1n) is 11.6. The topological polar surface area (TPSA) is 114 Å². The number of nitrogens with zero attached hydrogens (tertiary/aromatic N) is 3. The van der Waals surface area contributed by atoms with Gasteiger partial charge in [-0.15, -0.1) is 0 Å². The van der Waals surface area contributed by atoms with Crippen molar-refractivity contribution >= 4 is 34.5 Å². The van der Waals surface area contributed by atoms with E-state index >= 15 is 0 Å². The summed E-state index contributed by atoms with van der Waals surface area (Å²) >= 11 is 1.55. The van der Waals surface area contributed by atoms with Crippen LogP contribution in [0.5, 0.6) is 0 Å². The van der Waals surface area contributed by atoms with E-state index in [1.54, 1.807) is 48.2 Å². The molecule has 1 N–H and O–H groups in total. The van der Waals surface area contributed by atoms with Crippen molar-refractivity contribution in [2.45, 2.75) is 51.8 Å². The van der Waals surface area contributed by atoms with Crippen molar-refractivity contribution in [1.29, 1.82) is 5.26 Å². The zero-order valence-corrected chi connectivity index (χ0v) is 21.7. The summed E-state index contributed by atoms with van der Waals surface area (Å²) in [5.74, 6) is -0.198. The van der Waals surface area contributed by atoms with Crippen LogP contribution in [-0.2, 0) is 28.1 Å². The fraction of sp³-hybridized carbons (Fsp3) is 0.370. The maximum absolute atomic E-state index is 13.0. The van der Waals surface area contributed by atoms with Gasteiger partial charge in [0.1, 0.15) is 19.2 Å². The molecule has 1 aromatic heterocycles. The number of aromatic nitrogens is 2. The summed E-state index contributed by atoms with van der Waals surface area (Å²) < 4.78 is 6.68. The zero-order valence-electron chi connectivity index (χ0n) is 20.9. The monoisotopic (exact) mass is 506 g/mol. The number of fused-ring (bicyclic) bond motifs is 1. The number of hydrogen-bond acceptors (Lipinski definition) is 7. The van der Waals surface area contributed by atoms with Gasteiger partial charge in [-0.2, -0.15) is 17.0 Å². The molecule has 0 bridgehead atoms. The van der Waals surface area contributed by atoms with Crippen LogP contribution < -0.4 is 10.9 Å². The third-order valence-corrected chi connectivity index (χ3v) is 6.37. The molecule has 0 aliphatic rings. The van der Waals surface area contributed by atoms with Crippen LogP contribution in [0.2, 0.25) is 0 Å². The van der Waals surface area contributed by atoms with Gasteiger partial charge in [0.25, 0.3) is 11.5 Å². The number of ether oxygens (including phenoxy) is 1. The molecule has 1 unspecified atom stereocenters. The second-order valence-electron chi connectivity index (χ2n) is 9.34. The largest absolute Gasteiger partial charge is 0.456 e. The maximum atomic E-state index is 13.0. The number of hydrogen-bond donors (Lipinski definition) is 1. The minimum atomic E-state index is -0.871. The Morgan fingerprint density at radius 3 is 2.50 bits per heavy atom. The highest BCUT2D eigenvalue weighted by atomic mass is 32.2. The average molecular weight is 507 g/mol. The van der Waals surface area contributed by atoms with Crippen molar-refractivity contribution in [3.8, 4) is 6.07 Å². The lowest BCUT2D eigenvalue weighted by molar-refractivity contribution is -0.147. The summed E-state index contributed by atoms with van der Waals surface area (Å²) in [5, 5.41) is 12.3. The Kier molecular flexibility index (Phi) is 8.88. The van der Waals surface area contributed by atoms with E-state index in [0.29, 0.717) is 28.6 Å². The van der Waals surface area contributed by atoms with E-state index in [0.717, 1.165) is 5.56 Å². The minimum Gasteiger partial charge on any atom is -0.456 e. The predicted octanol–water partition coefficient (Wildman–Crippen LogP) is 3.81. The van der Waals surface area contributed by atoms with E-state index < -0.39 is 12.0 Å². The van der Waals surface area contributed by atoms with Crippen LogP contribution in [-0.4, -0.2) is 39.5 Å². The summed E-state index contributed by atoms with van der Waals surface area (Å²) in [7, 11) is 0. The standard InChI is InChI=1S/C27H30N4O4S/c1-27(2,3)19-11-9-18(10-12-19)24(32)30-22(13-16-36-4)26(34)35-17-23-29-21-8-6-5-7-20(21)25(33)31(23)15-14-28/h5-12,22H,13,15-17H2,1-4H3,(H,30,32). The van der Waals surface area contributed by atoms with Gasteiger partial charge in [-0.25, -0.2) is 9.78 Å². The van der Waals surface area contributed by atoms with Crippen LogP contribution >= 0.6 is 11.8 Å². The highest BCUT2D eigenvalue weighted by molar-refractivity contribution is 7.98. The molecule has 0 saturated heterocycles. The average Bonchev–Trinajstić information content (AvgIpc) is 2.86. The van der Waals surface area contributed by atoms with Crippen molar-refractivity contribution in [3.05, 3.63) is 75.8 Å². The number of benzene rings is 2. The number of nitriles is 1. The van der Waals surface area contributed by atoms with Crippen molar-refractivity contribution < 1.29 is 14.3 Å². The molecular formula is C27H30N4O4S. The molecule has 3 rings (SSSR count). The maximum Gasteiger partial charge on any atom is 0.329 e. The number of rotatable bonds is 9. The Bertz CT molecular complexity index is 1340. The Morgan fingerprint density at radius 1 is 1.17 bits per heavy atom. The van der Waals surface area contributed by atoms with Crippen LogP contribution in [0.15, 0.2) is 53.3 Å². The van der Waals surface area contributed by atoms with Crippen LogP contribution in [0.1, 0.15) is 48.9 Å². The van der Waals surface area contributed by atoms with E-state index in [-0.39, 0.29) is 35.9 Å². The summed E-state index contributed by atoms with van der Waals surface area (Å²) in [6.07, 6.45) is 2.29. The molecule has 3 aromatic rings. The van der Waals surface area contributed by atoms with Gasteiger partial charge in [-0.1, -0.05) is 45.0 Å². The molecule has 36 heavy (non-hydrogen) atoms. The molecule has 9 heteroatoms. The van der Waals surface area contributed by atoms with Crippen molar-refractivity contribution in [1.82, 2.24) is 14.9 Å². The third kappa shape index (κ3) is 6.52. The Hall–Kier alpha value is -3.64. The molecule has 8 nitrogen and oxygen atoms in total. The molecule has 1 amide bonds. The lowest BCUT2D eigenvalue weighted by Gasteiger charge is -2.20. The van der Waals surface area contributed by atoms with E-state index in [9.17, 15) is 19.6 Å².